The van der Waals surface area contributed by atoms with E-state index in [1.165, 1.54) is 6.42 Å². The molecule has 0 bridgehead atoms. The zero-order valence-electron chi connectivity index (χ0n) is 11.2. The number of likely N-dealkylation sites (tertiary alicyclic amines) is 1. The van der Waals surface area contributed by atoms with E-state index in [1.54, 1.807) is 11.3 Å². The Hall–Kier alpha value is -0.840. The lowest BCUT2D eigenvalue weighted by atomic mass is 9.94. The maximum absolute atomic E-state index is 6.20. The van der Waals surface area contributed by atoms with Gasteiger partial charge in [-0.1, -0.05) is 35.9 Å². The highest BCUT2D eigenvalue weighted by Crippen LogP contribution is 2.33. The number of hydrogen-bond acceptors (Lipinski definition) is 4. The van der Waals surface area contributed by atoms with Crippen molar-refractivity contribution < 1.29 is 0 Å². The van der Waals surface area contributed by atoms with Gasteiger partial charge in [0.1, 0.15) is 0 Å². The number of nitrogens with zero attached hydrogens (tertiary/aromatic N) is 2. The van der Waals surface area contributed by atoms with Crippen LogP contribution in [0, 0.1) is 5.92 Å². The van der Waals surface area contributed by atoms with E-state index in [4.69, 9.17) is 11.6 Å². The van der Waals surface area contributed by atoms with Gasteiger partial charge in [0.05, 0.1) is 15.2 Å². The minimum atomic E-state index is 0.510. The second-order valence-electron chi connectivity index (χ2n) is 5.39. The van der Waals surface area contributed by atoms with E-state index in [9.17, 15) is 0 Å². The summed E-state index contributed by atoms with van der Waals surface area (Å²) in [4.78, 5) is 7.02. The normalized spacial score (nSPS) is 24.8. The summed E-state index contributed by atoms with van der Waals surface area (Å²) >= 11 is 7.85. The first kappa shape index (κ1) is 13.2. The molecule has 1 N–H and O–H groups in total. The maximum atomic E-state index is 6.20. The minimum Gasteiger partial charge on any atom is -0.358 e. The van der Waals surface area contributed by atoms with Gasteiger partial charge < -0.3 is 10.2 Å². The van der Waals surface area contributed by atoms with Gasteiger partial charge in [0.2, 0.25) is 0 Å². The Bertz CT molecular complexity index is 583. The van der Waals surface area contributed by atoms with Gasteiger partial charge in [0, 0.05) is 12.6 Å². The number of piperidine rings is 1. The highest BCUT2D eigenvalue weighted by atomic mass is 35.5. The Morgan fingerprint density at radius 1 is 1.47 bits per heavy atom. The maximum Gasteiger partial charge on any atom is 0.184 e. The third kappa shape index (κ3) is 2.71. The van der Waals surface area contributed by atoms with E-state index in [2.05, 4.69) is 29.2 Å². The fourth-order valence-corrected chi connectivity index (χ4v) is 3.92. The highest BCUT2D eigenvalue weighted by Gasteiger charge is 2.24. The van der Waals surface area contributed by atoms with E-state index in [0.717, 1.165) is 33.5 Å². The number of aromatic nitrogens is 1. The first-order chi connectivity index (χ1) is 9.13. The quantitative estimate of drug-likeness (QED) is 0.915. The molecular weight excluding hydrogens is 278 g/mol. The Morgan fingerprint density at radius 3 is 3.05 bits per heavy atom. The monoisotopic (exact) mass is 295 g/mol. The van der Waals surface area contributed by atoms with Crippen molar-refractivity contribution in [3.05, 3.63) is 23.2 Å². The van der Waals surface area contributed by atoms with Crippen molar-refractivity contribution in [2.24, 2.45) is 5.92 Å². The molecule has 2 unspecified atom stereocenters. The lowest BCUT2D eigenvalue weighted by molar-refractivity contribution is 0.206. The molecule has 1 aliphatic rings. The summed E-state index contributed by atoms with van der Waals surface area (Å²) in [7, 11) is 2.18. The average molecular weight is 296 g/mol. The van der Waals surface area contributed by atoms with Crippen molar-refractivity contribution in [3.63, 3.8) is 0 Å². The number of benzene rings is 1. The minimum absolute atomic E-state index is 0.510. The molecule has 102 valence electrons. The number of nitrogens with one attached hydrogen (secondary N) is 1. The van der Waals surface area contributed by atoms with Gasteiger partial charge in [0.25, 0.3) is 0 Å². The largest absolute Gasteiger partial charge is 0.358 e. The van der Waals surface area contributed by atoms with Crippen LogP contribution < -0.4 is 5.32 Å². The van der Waals surface area contributed by atoms with Crippen molar-refractivity contribution in [2.45, 2.75) is 19.4 Å². The molecule has 1 saturated heterocycles. The average Bonchev–Trinajstić information content (AvgIpc) is 2.77. The zero-order chi connectivity index (χ0) is 13.4. The molecule has 3 rings (SSSR count). The zero-order valence-corrected chi connectivity index (χ0v) is 12.8. The standard InChI is InChI=1S/C14H18ClN3S/c1-9-8-18(2)7-6-11(9)16-14-17-12-5-3-4-10(15)13(12)19-14/h3-5,9,11H,6-8H2,1-2H3,(H,16,17). The van der Waals surface area contributed by atoms with Crippen LogP contribution in [0.25, 0.3) is 10.2 Å². The molecule has 0 aliphatic carbocycles. The van der Waals surface area contributed by atoms with Gasteiger partial charge in [-0.25, -0.2) is 4.98 Å². The Balaban J connectivity index is 1.80. The first-order valence-electron chi connectivity index (χ1n) is 6.63. The number of hydrogen-bond donors (Lipinski definition) is 1. The Labute approximate surface area is 122 Å². The van der Waals surface area contributed by atoms with Gasteiger partial charge in [-0.15, -0.1) is 0 Å². The Morgan fingerprint density at radius 2 is 2.32 bits per heavy atom. The van der Waals surface area contributed by atoms with Crippen LogP contribution in [-0.2, 0) is 0 Å². The molecule has 1 aliphatic heterocycles. The predicted molar refractivity (Wildman–Crippen MR) is 83.3 cm³/mol. The van der Waals surface area contributed by atoms with Gasteiger partial charge in [0.15, 0.2) is 5.13 Å². The molecule has 2 heterocycles. The molecule has 19 heavy (non-hydrogen) atoms. The molecule has 0 amide bonds. The summed E-state index contributed by atoms with van der Waals surface area (Å²) in [6, 6.07) is 6.40. The van der Waals surface area contributed by atoms with Crippen molar-refractivity contribution in [2.75, 3.05) is 25.5 Å². The van der Waals surface area contributed by atoms with Crippen LogP contribution >= 0.6 is 22.9 Å². The molecular formula is C14H18ClN3S. The summed E-state index contributed by atoms with van der Waals surface area (Å²) in [6.45, 7) is 4.59. The molecule has 3 nitrogen and oxygen atoms in total. The highest BCUT2D eigenvalue weighted by molar-refractivity contribution is 7.22. The van der Waals surface area contributed by atoms with Crippen LogP contribution in [0.3, 0.4) is 0 Å². The van der Waals surface area contributed by atoms with Gasteiger partial charge >= 0.3 is 0 Å². The summed E-state index contributed by atoms with van der Waals surface area (Å²) in [5, 5.41) is 5.37. The number of anilines is 1. The van der Waals surface area contributed by atoms with Crippen molar-refractivity contribution in [1.29, 1.82) is 0 Å². The van der Waals surface area contributed by atoms with Crippen LogP contribution in [-0.4, -0.2) is 36.1 Å². The number of halogens is 1. The molecule has 2 atom stereocenters. The first-order valence-corrected chi connectivity index (χ1v) is 7.83. The van der Waals surface area contributed by atoms with Crippen LogP contribution in [0.2, 0.25) is 5.02 Å². The third-order valence-electron chi connectivity index (χ3n) is 3.78. The molecule has 0 radical (unpaired) electrons. The van der Waals surface area contributed by atoms with Crippen molar-refractivity contribution in [1.82, 2.24) is 9.88 Å². The third-order valence-corrected chi connectivity index (χ3v) is 5.25. The summed E-state index contributed by atoms with van der Waals surface area (Å²) in [5.41, 5.74) is 0.987. The fraction of sp³-hybridized carbons (Fsp3) is 0.500. The molecule has 0 spiro atoms. The summed E-state index contributed by atoms with van der Waals surface area (Å²) in [5.74, 6) is 0.640. The number of fused-ring (bicyclic) bond motifs is 1. The van der Waals surface area contributed by atoms with Crippen LogP contribution in [0.4, 0.5) is 5.13 Å². The van der Waals surface area contributed by atoms with Crippen molar-refractivity contribution in [3.8, 4) is 0 Å². The second-order valence-corrected chi connectivity index (χ2v) is 6.79. The molecule has 2 aromatic rings. The smallest absolute Gasteiger partial charge is 0.184 e. The Kier molecular flexibility index (Phi) is 3.65. The van der Waals surface area contributed by atoms with E-state index >= 15 is 0 Å². The fourth-order valence-electron chi connectivity index (χ4n) is 2.70. The van der Waals surface area contributed by atoms with E-state index in [-0.39, 0.29) is 0 Å². The molecule has 1 fully saturated rings. The molecule has 0 saturated carbocycles. The molecule has 1 aromatic heterocycles. The van der Waals surface area contributed by atoms with Crippen LogP contribution in [0.1, 0.15) is 13.3 Å². The molecule has 5 heteroatoms. The summed E-state index contributed by atoms with van der Waals surface area (Å²) in [6.07, 6.45) is 1.17. The lowest BCUT2D eigenvalue weighted by Gasteiger charge is -2.35. The topological polar surface area (TPSA) is 28.2 Å². The van der Waals surface area contributed by atoms with Gasteiger partial charge in [-0.2, -0.15) is 0 Å². The van der Waals surface area contributed by atoms with Crippen LogP contribution in [0.15, 0.2) is 18.2 Å². The van der Waals surface area contributed by atoms with E-state index in [1.807, 2.05) is 18.2 Å². The summed E-state index contributed by atoms with van der Waals surface area (Å²) < 4.78 is 1.08. The van der Waals surface area contributed by atoms with Gasteiger partial charge in [-0.3, -0.25) is 0 Å². The van der Waals surface area contributed by atoms with Gasteiger partial charge in [-0.05, 0) is 38.1 Å². The van der Waals surface area contributed by atoms with Crippen LogP contribution in [0.5, 0.6) is 0 Å². The van der Waals surface area contributed by atoms with E-state index < -0.39 is 0 Å². The molecule has 1 aromatic carbocycles. The predicted octanol–water partition coefficient (Wildman–Crippen LogP) is 3.70. The lowest BCUT2D eigenvalue weighted by Crippen LogP contribution is -2.43. The van der Waals surface area contributed by atoms with E-state index in [0.29, 0.717) is 12.0 Å². The van der Waals surface area contributed by atoms with Crippen molar-refractivity contribution >= 4 is 38.3 Å². The number of rotatable bonds is 2. The second kappa shape index (κ2) is 5.27. The number of thiazole rings is 1. The SMILES string of the molecule is CC1CN(C)CCC1Nc1nc2cccc(Cl)c2s1.